The lowest BCUT2D eigenvalue weighted by Gasteiger charge is -2.25. The van der Waals surface area contributed by atoms with Crippen LogP contribution in [0.4, 0.5) is 5.69 Å². The quantitative estimate of drug-likeness (QED) is 0.766. The maximum atomic E-state index is 10.8. The first-order valence-corrected chi connectivity index (χ1v) is 6.63. The van der Waals surface area contributed by atoms with E-state index >= 15 is 0 Å². The molecule has 1 aromatic heterocycles. The smallest absolute Gasteiger partial charge is 0.150 e. The Morgan fingerprint density at radius 3 is 2.79 bits per heavy atom. The molecular formula is C16H17NO2. The van der Waals surface area contributed by atoms with Crippen LogP contribution in [0.5, 0.6) is 0 Å². The fraction of sp³-hybridized carbons (Fsp3) is 0.312. The Kier molecular flexibility index (Phi) is 3.11. The molecule has 1 aliphatic rings. The largest absolute Gasteiger partial charge is 0.467 e. The number of nitrogens with zero attached hydrogens (tertiary/aromatic N) is 1. The van der Waals surface area contributed by atoms with Crippen molar-refractivity contribution >= 4 is 12.0 Å². The Balaban J connectivity index is 1.89. The van der Waals surface area contributed by atoms with Crippen LogP contribution in [0.2, 0.25) is 0 Å². The summed E-state index contributed by atoms with van der Waals surface area (Å²) in [6.45, 7) is 2.85. The molecule has 1 heterocycles. The zero-order valence-corrected chi connectivity index (χ0v) is 11.0. The zero-order valence-electron chi connectivity index (χ0n) is 11.0. The van der Waals surface area contributed by atoms with Gasteiger partial charge in [-0.3, -0.25) is 4.79 Å². The molecular weight excluding hydrogens is 238 g/mol. The van der Waals surface area contributed by atoms with Gasteiger partial charge in [0.25, 0.3) is 0 Å². The number of anilines is 1. The predicted molar refractivity (Wildman–Crippen MR) is 74.5 cm³/mol. The van der Waals surface area contributed by atoms with Gasteiger partial charge in [-0.1, -0.05) is 0 Å². The van der Waals surface area contributed by atoms with Crippen molar-refractivity contribution in [2.75, 3.05) is 4.90 Å². The van der Waals surface area contributed by atoms with E-state index in [4.69, 9.17) is 4.42 Å². The lowest BCUT2D eigenvalue weighted by molar-refractivity contribution is 0.112. The third kappa shape index (κ3) is 2.55. The molecule has 3 nitrogen and oxygen atoms in total. The van der Waals surface area contributed by atoms with Gasteiger partial charge in [0, 0.05) is 17.3 Å². The number of benzene rings is 1. The maximum Gasteiger partial charge on any atom is 0.150 e. The summed E-state index contributed by atoms with van der Waals surface area (Å²) in [7, 11) is 0. The van der Waals surface area contributed by atoms with Crippen LogP contribution in [-0.2, 0) is 6.54 Å². The second kappa shape index (κ2) is 4.92. The van der Waals surface area contributed by atoms with Crippen molar-refractivity contribution in [3.8, 4) is 0 Å². The maximum absolute atomic E-state index is 10.8. The number of carbonyl (C=O) groups is 1. The molecule has 2 aromatic rings. The predicted octanol–water partition coefficient (Wildman–Crippen LogP) is 3.57. The van der Waals surface area contributed by atoms with Crippen molar-refractivity contribution in [1.82, 2.24) is 0 Å². The summed E-state index contributed by atoms with van der Waals surface area (Å²) in [6, 6.07) is 10.4. The lowest BCUT2D eigenvalue weighted by atomic mass is 10.1. The monoisotopic (exact) mass is 255 g/mol. The van der Waals surface area contributed by atoms with Gasteiger partial charge in [-0.25, -0.2) is 0 Å². The molecule has 1 saturated carbocycles. The standard InChI is InChI=1S/C16H17NO2/c1-12-9-13(11-18)4-7-16(12)17(14-5-6-14)10-15-3-2-8-19-15/h2-4,7-9,11,14H,5-6,10H2,1H3. The highest BCUT2D eigenvalue weighted by molar-refractivity contribution is 5.77. The van der Waals surface area contributed by atoms with Gasteiger partial charge in [-0.05, 0) is 55.7 Å². The first-order chi connectivity index (χ1) is 9.28. The van der Waals surface area contributed by atoms with E-state index in [1.165, 1.54) is 18.5 Å². The van der Waals surface area contributed by atoms with Gasteiger partial charge in [0.15, 0.2) is 0 Å². The second-order valence-corrected chi connectivity index (χ2v) is 5.10. The van der Waals surface area contributed by atoms with E-state index in [9.17, 15) is 4.79 Å². The average Bonchev–Trinajstić information content (AvgIpc) is 3.14. The second-order valence-electron chi connectivity index (χ2n) is 5.10. The molecule has 0 radical (unpaired) electrons. The topological polar surface area (TPSA) is 33.5 Å². The Labute approximate surface area is 112 Å². The summed E-state index contributed by atoms with van der Waals surface area (Å²) < 4.78 is 5.45. The number of carbonyl (C=O) groups excluding carboxylic acids is 1. The Morgan fingerprint density at radius 2 is 2.21 bits per heavy atom. The van der Waals surface area contributed by atoms with Crippen LogP contribution >= 0.6 is 0 Å². The first kappa shape index (κ1) is 12.0. The highest BCUT2D eigenvalue weighted by atomic mass is 16.3. The molecule has 0 aliphatic heterocycles. The summed E-state index contributed by atoms with van der Waals surface area (Å²) in [6.07, 6.45) is 5.07. The molecule has 0 atom stereocenters. The fourth-order valence-electron chi connectivity index (χ4n) is 2.44. The minimum absolute atomic E-state index is 0.603. The third-order valence-electron chi connectivity index (χ3n) is 3.56. The first-order valence-electron chi connectivity index (χ1n) is 6.63. The van der Waals surface area contributed by atoms with E-state index < -0.39 is 0 Å². The average molecular weight is 255 g/mol. The Morgan fingerprint density at radius 1 is 1.37 bits per heavy atom. The molecule has 1 aromatic carbocycles. The van der Waals surface area contributed by atoms with Crippen molar-refractivity contribution in [1.29, 1.82) is 0 Å². The van der Waals surface area contributed by atoms with Gasteiger partial charge >= 0.3 is 0 Å². The van der Waals surface area contributed by atoms with Crippen LogP contribution in [0.15, 0.2) is 41.0 Å². The summed E-state index contributed by atoms with van der Waals surface area (Å²) in [5, 5.41) is 0. The van der Waals surface area contributed by atoms with E-state index in [0.29, 0.717) is 6.04 Å². The van der Waals surface area contributed by atoms with Crippen molar-refractivity contribution < 1.29 is 9.21 Å². The SMILES string of the molecule is Cc1cc(C=O)ccc1N(Cc1ccco1)C1CC1. The summed E-state index contributed by atoms with van der Waals surface area (Å²) in [4.78, 5) is 13.2. The van der Waals surface area contributed by atoms with Crippen molar-refractivity contribution in [2.24, 2.45) is 0 Å². The zero-order chi connectivity index (χ0) is 13.2. The van der Waals surface area contributed by atoms with Crippen LogP contribution in [0, 0.1) is 6.92 Å². The molecule has 1 aliphatic carbocycles. The fourth-order valence-corrected chi connectivity index (χ4v) is 2.44. The summed E-state index contributed by atoms with van der Waals surface area (Å²) in [5.74, 6) is 0.978. The van der Waals surface area contributed by atoms with E-state index in [0.717, 1.165) is 29.7 Å². The summed E-state index contributed by atoms with van der Waals surface area (Å²) >= 11 is 0. The molecule has 0 spiro atoms. The molecule has 0 amide bonds. The molecule has 0 bridgehead atoms. The normalized spacial score (nSPS) is 14.4. The van der Waals surface area contributed by atoms with Gasteiger partial charge in [0.1, 0.15) is 12.0 Å². The molecule has 19 heavy (non-hydrogen) atoms. The Bertz CT molecular complexity index is 570. The van der Waals surface area contributed by atoms with Crippen LogP contribution in [0.1, 0.15) is 34.5 Å². The molecule has 0 saturated heterocycles. The lowest BCUT2D eigenvalue weighted by Crippen LogP contribution is -2.25. The number of hydrogen-bond donors (Lipinski definition) is 0. The van der Waals surface area contributed by atoms with E-state index in [1.807, 2.05) is 30.3 Å². The molecule has 98 valence electrons. The van der Waals surface area contributed by atoms with Gasteiger partial charge in [0.2, 0.25) is 0 Å². The van der Waals surface area contributed by atoms with E-state index in [1.54, 1.807) is 6.26 Å². The van der Waals surface area contributed by atoms with Crippen molar-refractivity contribution in [3.63, 3.8) is 0 Å². The Hall–Kier alpha value is -2.03. The highest BCUT2D eigenvalue weighted by Gasteiger charge is 2.30. The van der Waals surface area contributed by atoms with Gasteiger partial charge in [-0.2, -0.15) is 0 Å². The number of furan rings is 1. The molecule has 0 unspecified atom stereocenters. The van der Waals surface area contributed by atoms with Crippen LogP contribution < -0.4 is 4.90 Å². The van der Waals surface area contributed by atoms with Crippen LogP contribution in [0.25, 0.3) is 0 Å². The number of aldehydes is 1. The third-order valence-corrected chi connectivity index (χ3v) is 3.56. The van der Waals surface area contributed by atoms with Gasteiger partial charge in [-0.15, -0.1) is 0 Å². The van der Waals surface area contributed by atoms with Gasteiger partial charge in [0.05, 0.1) is 12.8 Å². The highest BCUT2D eigenvalue weighted by Crippen LogP contribution is 2.35. The molecule has 3 rings (SSSR count). The number of hydrogen-bond acceptors (Lipinski definition) is 3. The molecule has 0 N–H and O–H groups in total. The molecule has 3 heteroatoms. The molecule has 1 fully saturated rings. The van der Waals surface area contributed by atoms with E-state index in [2.05, 4.69) is 11.8 Å². The van der Waals surface area contributed by atoms with Crippen LogP contribution in [0.3, 0.4) is 0 Å². The van der Waals surface area contributed by atoms with Crippen molar-refractivity contribution in [2.45, 2.75) is 32.4 Å². The van der Waals surface area contributed by atoms with Gasteiger partial charge < -0.3 is 9.32 Å². The number of aryl methyl sites for hydroxylation is 1. The van der Waals surface area contributed by atoms with Crippen molar-refractivity contribution in [3.05, 3.63) is 53.5 Å². The van der Waals surface area contributed by atoms with E-state index in [-0.39, 0.29) is 0 Å². The minimum Gasteiger partial charge on any atom is -0.467 e. The number of rotatable bonds is 5. The summed E-state index contributed by atoms with van der Waals surface area (Å²) in [5.41, 5.74) is 3.07. The minimum atomic E-state index is 0.603. The van der Waals surface area contributed by atoms with Crippen LogP contribution in [-0.4, -0.2) is 12.3 Å².